The molecule has 1 N–H and O–H groups in total. The zero-order valence-electron chi connectivity index (χ0n) is 9.82. The summed E-state index contributed by atoms with van der Waals surface area (Å²) in [5.41, 5.74) is -0.119. The fraction of sp³-hybridized carbons (Fsp3) is 0.0833. The quantitative estimate of drug-likeness (QED) is 0.919. The summed E-state index contributed by atoms with van der Waals surface area (Å²) in [5.74, 6) is -1.64. The van der Waals surface area contributed by atoms with Gasteiger partial charge in [-0.15, -0.1) is 0 Å². The van der Waals surface area contributed by atoms with Gasteiger partial charge in [0, 0.05) is 13.1 Å². The largest absolute Gasteiger partial charge is 0.436 e. The van der Waals surface area contributed by atoms with Crippen molar-refractivity contribution < 1.29 is 13.5 Å². The molecule has 0 atom stereocenters. The van der Waals surface area contributed by atoms with E-state index in [1.807, 2.05) is 0 Å². The number of rotatable bonds is 3. The Balaban J connectivity index is 2.31. The van der Waals surface area contributed by atoms with Crippen LogP contribution in [0.1, 0.15) is 5.56 Å². The van der Waals surface area contributed by atoms with Crippen LogP contribution in [0.15, 0.2) is 24.4 Å². The molecule has 0 bridgehead atoms. The number of hydrogen-bond donors (Lipinski definition) is 1. The van der Waals surface area contributed by atoms with Gasteiger partial charge < -0.3 is 10.1 Å². The minimum absolute atomic E-state index is 0.0381. The predicted octanol–water partition coefficient (Wildman–Crippen LogP) is 2.46. The smallest absolute Gasteiger partial charge is 0.260 e. The topological polar surface area (TPSA) is 70.8 Å². The molecule has 0 unspecified atom stereocenters. The first-order chi connectivity index (χ1) is 9.13. The Labute approximate surface area is 107 Å². The number of halogens is 2. The van der Waals surface area contributed by atoms with Crippen LogP contribution in [0.5, 0.6) is 11.6 Å². The summed E-state index contributed by atoms with van der Waals surface area (Å²) < 4.78 is 31.9. The van der Waals surface area contributed by atoms with Crippen molar-refractivity contribution >= 4 is 5.95 Å². The molecule has 0 radical (unpaired) electrons. The number of aromatic nitrogens is 2. The maximum atomic E-state index is 13.4. The van der Waals surface area contributed by atoms with Gasteiger partial charge in [-0.1, -0.05) is 0 Å². The lowest BCUT2D eigenvalue weighted by Gasteiger charge is -2.07. The normalized spacial score (nSPS) is 9.79. The highest BCUT2D eigenvalue weighted by Crippen LogP contribution is 2.24. The van der Waals surface area contributed by atoms with Gasteiger partial charge in [0.2, 0.25) is 11.8 Å². The molecule has 0 saturated carbocycles. The lowest BCUT2D eigenvalue weighted by Crippen LogP contribution is -2.00. The van der Waals surface area contributed by atoms with Crippen LogP contribution in [0.4, 0.5) is 14.7 Å². The molecule has 1 heterocycles. The fourth-order valence-electron chi connectivity index (χ4n) is 1.31. The van der Waals surface area contributed by atoms with Crippen LogP contribution >= 0.6 is 0 Å². The van der Waals surface area contributed by atoms with Gasteiger partial charge >= 0.3 is 0 Å². The minimum Gasteiger partial charge on any atom is -0.436 e. The summed E-state index contributed by atoms with van der Waals surface area (Å²) in [5, 5.41) is 11.2. The first kappa shape index (κ1) is 12.7. The van der Waals surface area contributed by atoms with Gasteiger partial charge in [-0.25, -0.2) is 9.37 Å². The number of nitrogens with one attached hydrogen (secondary N) is 1. The van der Waals surface area contributed by atoms with E-state index in [-0.39, 0.29) is 23.1 Å². The van der Waals surface area contributed by atoms with Crippen molar-refractivity contribution in [2.45, 2.75) is 0 Å². The molecule has 19 heavy (non-hydrogen) atoms. The summed E-state index contributed by atoms with van der Waals surface area (Å²) in [6.07, 6.45) is 0.939. The van der Waals surface area contributed by atoms with Gasteiger partial charge in [-0.3, -0.25) is 0 Å². The lowest BCUT2D eigenvalue weighted by atomic mass is 10.2. The van der Waals surface area contributed by atoms with Gasteiger partial charge in [-0.2, -0.15) is 14.6 Å². The highest BCUT2D eigenvalue weighted by Gasteiger charge is 2.10. The lowest BCUT2D eigenvalue weighted by molar-refractivity contribution is 0.418. The summed E-state index contributed by atoms with van der Waals surface area (Å²) in [6.45, 7) is 0. The summed E-state index contributed by atoms with van der Waals surface area (Å²) in [7, 11) is 1.57. The number of hydrogen-bond acceptors (Lipinski definition) is 5. The SMILES string of the molecule is CNc1ncc(F)c(Oc2ccc(C#N)c(F)c2)n1. The highest BCUT2D eigenvalue weighted by atomic mass is 19.1. The number of anilines is 1. The van der Waals surface area contributed by atoms with Crippen LogP contribution in [0.2, 0.25) is 0 Å². The van der Waals surface area contributed by atoms with E-state index in [0.29, 0.717) is 0 Å². The molecule has 0 amide bonds. The molecule has 0 spiro atoms. The first-order valence-corrected chi connectivity index (χ1v) is 5.22. The third-order valence-corrected chi connectivity index (χ3v) is 2.21. The second-order valence-corrected chi connectivity index (χ2v) is 3.45. The Morgan fingerprint density at radius 1 is 1.32 bits per heavy atom. The number of nitriles is 1. The molecule has 2 rings (SSSR count). The van der Waals surface area contributed by atoms with Crippen LogP contribution in [0.3, 0.4) is 0 Å². The van der Waals surface area contributed by atoms with Gasteiger partial charge in [0.15, 0.2) is 0 Å². The van der Waals surface area contributed by atoms with Crippen LogP contribution in [0.25, 0.3) is 0 Å². The van der Waals surface area contributed by atoms with Gasteiger partial charge in [0.25, 0.3) is 5.88 Å². The molecule has 2 aromatic rings. The average Bonchev–Trinajstić information content (AvgIpc) is 2.41. The van der Waals surface area contributed by atoms with Crippen molar-refractivity contribution in [3.63, 3.8) is 0 Å². The summed E-state index contributed by atoms with van der Waals surface area (Å²) in [6, 6.07) is 5.25. The number of ether oxygens (including phenoxy) is 1. The molecule has 0 aliphatic heterocycles. The zero-order valence-corrected chi connectivity index (χ0v) is 9.82. The molecule has 1 aromatic heterocycles. The van der Waals surface area contributed by atoms with E-state index in [0.717, 1.165) is 12.3 Å². The van der Waals surface area contributed by atoms with Crippen LogP contribution in [0, 0.1) is 23.0 Å². The molecule has 1 aromatic carbocycles. The Kier molecular flexibility index (Phi) is 3.52. The van der Waals surface area contributed by atoms with E-state index in [1.165, 1.54) is 12.1 Å². The predicted molar refractivity (Wildman–Crippen MR) is 62.7 cm³/mol. The van der Waals surface area contributed by atoms with Crippen molar-refractivity contribution in [3.8, 4) is 17.7 Å². The third kappa shape index (κ3) is 2.74. The van der Waals surface area contributed by atoms with Crippen LogP contribution in [-0.4, -0.2) is 17.0 Å². The zero-order chi connectivity index (χ0) is 13.8. The molecule has 0 fully saturated rings. The Bertz CT molecular complexity index is 655. The maximum Gasteiger partial charge on any atom is 0.260 e. The molecule has 5 nitrogen and oxygen atoms in total. The average molecular weight is 262 g/mol. The molecule has 7 heteroatoms. The first-order valence-electron chi connectivity index (χ1n) is 5.22. The van der Waals surface area contributed by atoms with Crippen molar-refractivity contribution in [1.29, 1.82) is 5.26 Å². The van der Waals surface area contributed by atoms with Gasteiger partial charge in [0.05, 0.1) is 11.8 Å². The monoisotopic (exact) mass is 262 g/mol. The molecule has 0 aliphatic rings. The van der Waals surface area contributed by atoms with Crippen molar-refractivity contribution in [2.24, 2.45) is 0 Å². The Morgan fingerprint density at radius 3 is 2.74 bits per heavy atom. The third-order valence-electron chi connectivity index (χ3n) is 2.21. The molecular weight excluding hydrogens is 254 g/mol. The Morgan fingerprint density at radius 2 is 2.11 bits per heavy atom. The van der Waals surface area contributed by atoms with E-state index in [9.17, 15) is 8.78 Å². The van der Waals surface area contributed by atoms with Crippen molar-refractivity contribution in [2.75, 3.05) is 12.4 Å². The molecular formula is C12H8F2N4O. The molecule has 96 valence electrons. The maximum absolute atomic E-state index is 13.4. The number of benzene rings is 1. The van der Waals surface area contributed by atoms with Crippen LogP contribution in [-0.2, 0) is 0 Å². The molecule has 0 aliphatic carbocycles. The number of nitrogens with zero attached hydrogens (tertiary/aromatic N) is 3. The minimum atomic E-state index is -0.774. The van der Waals surface area contributed by atoms with Crippen molar-refractivity contribution in [1.82, 2.24) is 9.97 Å². The van der Waals surface area contributed by atoms with E-state index < -0.39 is 11.6 Å². The van der Waals surface area contributed by atoms with E-state index in [1.54, 1.807) is 13.1 Å². The summed E-state index contributed by atoms with van der Waals surface area (Å²) in [4.78, 5) is 7.40. The van der Waals surface area contributed by atoms with E-state index in [4.69, 9.17) is 10.00 Å². The summed E-state index contributed by atoms with van der Waals surface area (Å²) >= 11 is 0. The highest BCUT2D eigenvalue weighted by molar-refractivity contribution is 5.38. The Hall–Kier alpha value is -2.75. The fourth-order valence-corrected chi connectivity index (χ4v) is 1.31. The van der Waals surface area contributed by atoms with Crippen LogP contribution < -0.4 is 10.1 Å². The standard InChI is InChI=1S/C12H8F2N4O/c1-16-12-17-6-10(14)11(18-12)19-8-3-2-7(5-15)9(13)4-8/h2-4,6H,1H3,(H,16,17,18). The second-order valence-electron chi connectivity index (χ2n) is 3.45. The second kappa shape index (κ2) is 5.27. The van der Waals surface area contributed by atoms with Crippen molar-refractivity contribution in [3.05, 3.63) is 41.6 Å². The van der Waals surface area contributed by atoms with Gasteiger partial charge in [-0.05, 0) is 12.1 Å². The van der Waals surface area contributed by atoms with Gasteiger partial charge in [0.1, 0.15) is 17.6 Å². The van der Waals surface area contributed by atoms with E-state index in [2.05, 4.69) is 15.3 Å². The molecule has 0 saturated heterocycles. The van der Waals surface area contributed by atoms with E-state index >= 15 is 0 Å².